The van der Waals surface area contributed by atoms with E-state index in [1.165, 1.54) is 12.3 Å². The van der Waals surface area contributed by atoms with Gasteiger partial charge in [0.25, 0.3) is 5.91 Å². The second-order valence-electron chi connectivity index (χ2n) is 6.39. The van der Waals surface area contributed by atoms with Crippen molar-refractivity contribution in [1.82, 2.24) is 5.43 Å². The molecule has 0 aliphatic heterocycles. The number of halogens is 2. The molecule has 0 unspecified atom stereocenters. The van der Waals surface area contributed by atoms with Gasteiger partial charge in [-0.1, -0.05) is 63.9 Å². The van der Waals surface area contributed by atoms with Crippen LogP contribution < -0.4 is 14.9 Å². The number of carbonyl (C=O) groups is 2. The average Bonchev–Trinajstić information content (AvgIpc) is 2.79. The molecule has 0 saturated heterocycles. The number of ether oxygens (including phenoxy) is 2. The van der Waals surface area contributed by atoms with Crippen LogP contribution in [0.3, 0.4) is 0 Å². The van der Waals surface area contributed by atoms with Crippen LogP contribution in [0.5, 0.6) is 11.5 Å². The summed E-state index contributed by atoms with van der Waals surface area (Å²) in [4.78, 5) is 24.1. The van der Waals surface area contributed by atoms with Crippen molar-refractivity contribution in [2.45, 2.75) is 0 Å². The van der Waals surface area contributed by atoms with Gasteiger partial charge in [-0.15, -0.1) is 0 Å². The summed E-state index contributed by atoms with van der Waals surface area (Å²) < 4.78 is 11.5. The number of nitrogens with one attached hydrogen (secondary N) is 1. The SMILES string of the molecule is O=C(COc1cccc(Cl)c1)N/N=C/c1cc(Br)ccc1OC(=O)/C=C/c1ccccc1. The minimum absolute atomic E-state index is 0.234. The highest BCUT2D eigenvalue weighted by molar-refractivity contribution is 9.10. The molecule has 6 nitrogen and oxygen atoms in total. The maximum Gasteiger partial charge on any atom is 0.336 e. The minimum atomic E-state index is -0.537. The molecule has 0 atom stereocenters. The predicted octanol–water partition coefficient (Wildman–Crippen LogP) is 5.25. The molecule has 3 aromatic carbocycles. The van der Waals surface area contributed by atoms with Gasteiger partial charge in [-0.05, 0) is 48.0 Å². The Balaban J connectivity index is 1.58. The molecule has 0 fully saturated rings. The molecule has 0 saturated carbocycles. The van der Waals surface area contributed by atoms with E-state index in [0.29, 0.717) is 22.1 Å². The molecule has 0 aliphatic rings. The smallest absolute Gasteiger partial charge is 0.336 e. The largest absolute Gasteiger partial charge is 0.484 e. The Kier molecular flexibility index (Phi) is 8.60. The van der Waals surface area contributed by atoms with Gasteiger partial charge in [0.2, 0.25) is 0 Å². The average molecular weight is 514 g/mol. The molecule has 1 N–H and O–H groups in total. The summed E-state index contributed by atoms with van der Waals surface area (Å²) in [5.74, 6) is -0.226. The number of carbonyl (C=O) groups excluding carboxylic acids is 2. The highest BCUT2D eigenvalue weighted by Gasteiger charge is 2.08. The molecule has 0 spiro atoms. The first-order valence-corrected chi connectivity index (χ1v) is 10.6. The van der Waals surface area contributed by atoms with Gasteiger partial charge in [0.1, 0.15) is 11.5 Å². The van der Waals surface area contributed by atoms with E-state index in [2.05, 4.69) is 26.5 Å². The van der Waals surface area contributed by atoms with Gasteiger partial charge >= 0.3 is 5.97 Å². The number of esters is 1. The van der Waals surface area contributed by atoms with Gasteiger partial charge in [0, 0.05) is 21.1 Å². The number of hydrogen-bond donors (Lipinski definition) is 1. The van der Waals surface area contributed by atoms with Crippen molar-refractivity contribution in [2.24, 2.45) is 5.10 Å². The number of rotatable bonds is 8. The fraction of sp³-hybridized carbons (Fsp3) is 0.0417. The van der Waals surface area contributed by atoms with Crippen LogP contribution in [0.15, 0.2) is 88.4 Å². The first-order chi connectivity index (χ1) is 15.5. The van der Waals surface area contributed by atoms with Crippen LogP contribution in [0, 0.1) is 0 Å². The highest BCUT2D eigenvalue weighted by Crippen LogP contribution is 2.22. The molecule has 1 amide bonds. The third kappa shape index (κ3) is 7.68. The summed E-state index contributed by atoms with van der Waals surface area (Å²) in [6.07, 6.45) is 4.38. The second kappa shape index (κ2) is 11.8. The molecule has 8 heteroatoms. The van der Waals surface area contributed by atoms with Gasteiger partial charge in [0.15, 0.2) is 6.61 Å². The Hall–Kier alpha value is -3.42. The maximum atomic E-state index is 12.2. The minimum Gasteiger partial charge on any atom is -0.484 e. The Morgan fingerprint density at radius 1 is 1.03 bits per heavy atom. The van der Waals surface area contributed by atoms with Gasteiger partial charge < -0.3 is 9.47 Å². The molecule has 162 valence electrons. The normalized spacial score (nSPS) is 10.9. The summed E-state index contributed by atoms with van der Waals surface area (Å²) in [5, 5.41) is 4.42. The lowest BCUT2D eigenvalue weighted by Crippen LogP contribution is -2.24. The quantitative estimate of drug-likeness (QED) is 0.147. The van der Waals surface area contributed by atoms with Crippen molar-refractivity contribution in [3.05, 3.63) is 99.5 Å². The van der Waals surface area contributed by atoms with Crippen molar-refractivity contribution in [3.63, 3.8) is 0 Å². The zero-order chi connectivity index (χ0) is 22.8. The van der Waals surface area contributed by atoms with Gasteiger partial charge in [-0.25, -0.2) is 10.2 Å². The van der Waals surface area contributed by atoms with Gasteiger partial charge in [-0.2, -0.15) is 5.10 Å². The van der Waals surface area contributed by atoms with Crippen LogP contribution in [-0.2, 0) is 9.59 Å². The van der Waals surface area contributed by atoms with Crippen LogP contribution in [-0.4, -0.2) is 24.7 Å². The number of amides is 1. The standard InChI is InChI=1S/C24H18BrClN2O4/c25-19-10-11-22(32-24(30)12-9-17-5-2-1-3-6-17)18(13-19)15-27-28-23(29)16-31-21-8-4-7-20(26)14-21/h1-15H,16H2,(H,28,29)/b12-9+,27-15+. The Morgan fingerprint density at radius 3 is 2.62 bits per heavy atom. The van der Waals surface area contributed by atoms with Crippen molar-refractivity contribution >= 4 is 51.7 Å². The van der Waals surface area contributed by atoms with Crippen LogP contribution in [0.1, 0.15) is 11.1 Å². The van der Waals surface area contributed by atoms with E-state index >= 15 is 0 Å². The first kappa shape index (κ1) is 23.2. The van der Waals surface area contributed by atoms with Gasteiger partial charge in [0.05, 0.1) is 6.21 Å². The van der Waals surface area contributed by atoms with E-state index in [4.69, 9.17) is 21.1 Å². The van der Waals surface area contributed by atoms with E-state index < -0.39 is 11.9 Å². The Labute approximate surface area is 198 Å². The lowest BCUT2D eigenvalue weighted by atomic mass is 10.2. The second-order valence-corrected chi connectivity index (χ2v) is 7.74. The predicted molar refractivity (Wildman–Crippen MR) is 128 cm³/mol. The van der Waals surface area contributed by atoms with Crippen molar-refractivity contribution < 1.29 is 19.1 Å². The third-order valence-electron chi connectivity index (χ3n) is 3.95. The number of nitrogens with zero attached hydrogens (tertiary/aromatic N) is 1. The summed E-state index contributed by atoms with van der Waals surface area (Å²) in [7, 11) is 0. The first-order valence-electron chi connectivity index (χ1n) is 9.44. The molecular weight excluding hydrogens is 496 g/mol. The number of benzene rings is 3. The third-order valence-corrected chi connectivity index (χ3v) is 4.68. The zero-order valence-corrected chi connectivity index (χ0v) is 19.0. The molecule has 3 rings (SSSR count). The fourth-order valence-corrected chi connectivity index (χ4v) is 3.05. The number of hydrogen-bond acceptors (Lipinski definition) is 5. The Bertz CT molecular complexity index is 1150. The molecule has 0 aliphatic carbocycles. The lowest BCUT2D eigenvalue weighted by molar-refractivity contribution is -0.129. The topological polar surface area (TPSA) is 77.0 Å². The van der Waals surface area contributed by atoms with E-state index in [1.54, 1.807) is 48.5 Å². The van der Waals surface area contributed by atoms with Crippen molar-refractivity contribution in [3.8, 4) is 11.5 Å². The van der Waals surface area contributed by atoms with Crippen LogP contribution in [0.2, 0.25) is 5.02 Å². The van der Waals surface area contributed by atoms with E-state index in [9.17, 15) is 9.59 Å². The summed E-state index contributed by atoms with van der Waals surface area (Å²) in [6.45, 7) is -0.234. The molecule has 0 heterocycles. The zero-order valence-electron chi connectivity index (χ0n) is 16.7. The van der Waals surface area contributed by atoms with Crippen molar-refractivity contribution in [2.75, 3.05) is 6.61 Å². The maximum absolute atomic E-state index is 12.2. The molecular formula is C24H18BrClN2O4. The van der Waals surface area contributed by atoms with Crippen LogP contribution >= 0.6 is 27.5 Å². The van der Waals surface area contributed by atoms with Crippen LogP contribution in [0.25, 0.3) is 6.08 Å². The molecule has 0 bridgehead atoms. The van der Waals surface area contributed by atoms with Crippen molar-refractivity contribution in [1.29, 1.82) is 0 Å². The summed E-state index contributed by atoms with van der Waals surface area (Å²) in [6, 6.07) is 21.2. The number of hydrazone groups is 1. The molecule has 3 aromatic rings. The monoisotopic (exact) mass is 512 g/mol. The molecule has 0 radical (unpaired) electrons. The van der Waals surface area contributed by atoms with E-state index in [-0.39, 0.29) is 6.61 Å². The summed E-state index contributed by atoms with van der Waals surface area (Å²) in [5.41, 5.74) is 3.74. The lowest BCUT2D eigenvalue weighted by Gasteiger charge is -2.07. The Morgan fingerprint density at radius 2 is 1.84 bits per heavy atom. The fourth-order valence-electron chi connectivity index (χ4n) is 2.50. The molecule has 0 aromatic heterocycles. The summed E-state index contributed by atoms with van der Waals surface area (Å²) >= 11 is 9.25. The van der Waals surface area contributed by atoms with Gasteiger partial charge in [-0.3, -0.25) is 4.79 Å². The molecule has 32 heavy (non-hydrogen) atoms. The van der Waals surface area contributed by atoms with E-state index in [0.717, 1.165) is 10.0 Å². The van der Waals surface area contributed by atoms with Crippen LogP contribution in [0.4, 0.5) is 0 Å². The van der Waals surface area contributed by atoms with E-state index in [1.807, 2.05) is 30.3 Å². The highest BCUT2D eigenvalue weighted by atomic mass is 79.9.